The summed E-state index contributed by atoms with van der Waals surface area (Å²) < 4.78 is 1.45. The summed E-state index contributed by atoms with van der Waals surface area (Å²) in [5.41, 5.74) is 9.78. The second kappa shape index (κ2) is 6.23. The van der Waals surface area contributed by atoms with Gasteiger partial charge in [-0.05, 0) is 32.9 Å². The van der Waals surface area contributed by atoms with Crippen LogP contribution in [0.3, 0.4) is 0 Å². The Morgan fingerprint density at radius 2 is 1.96 bits per heavy atom. The summed E-state index contributed by atoms with van der Waals surface area (Å²) in [6.45, 7) is 5.85. The number of aryl methyl sites for hydroxylation is 1. The van der Waals surface area contributed by atoms with Gasteiger partial charge in [0.1, 0.15) is 0 Å². The minimum atomic E-state index is -0.137. The van der Waals surface area contributed by atoms with Crippen LogP contribution in [-0.4, -0.2) is 19.7 Å². The maximum absolute atomic E-state index is 11.9. The normalized spacial score (nSPS) is 11.0. The summed E-state index contributed by atoms with van der Waals surface area (Å²) in [7, 11) is 0. The third-order valence-corrected chi connectivity index (χ3v) is 3.69. The van der Waals surface area contributed by atoms with Gasteiger partial charge in [-0.3, -0.25) is 4.79 Å². The lowest BCUT2D eigenvalue weighted by molar-refractivity contribution is 0.505. The van der Waals surface area contributed by atoms with E-state index in [4.69, 9.17) is 5.73 Å². The van der Waals surface area contributed by atoms with Crippen LogP contribution in [0.25, 0.3) is 22.5 Å². The van der Waals surface area contributed by atoms with E-state index in [1.165, 1.54) is 10.7 Å². The summed E-state index contributed by atoms with van der Waals surface area (Å²) in [5, 5.41) is 4.46. The Morgan fingerprint density at radius 3 is 2.67 bits per heavy atom. The minimum Gasteiger partial charge on any atom is -0.368 e. The van der Waals surface area contributed by atoms with Crippen molar-refractivity contribution in [3.05, 3.63) is 58.5 Å². The molecule has 2 heterocycles. The third kappa shape index (κ3) is 3.03. The molecular weight excluding hydrogens is 302 g/mol. The highest BCUT2D eigenvalue weighted by molar-refractivity contribution is 5.79. The molecule has 0 fully saturated rings. The molecule has 6 heteroatoms. The lowest BCUT2D eigenvalue weighted by atomic mass is 10.0. The molecule has 2 aromatic heterocycles. The summed E-state index contributed by atoms with van der Waals surface area (Å²) in [6.07, 6.45) is 1.65. The van der Waals surface area contributed by atoms with Crippen LogP contribution in [0.4, 0.5) is 5.95 Å². The van der Waals surface area contributed by atoms with Crippen LogP contribution in [0.15, 0.2) is 47.4 Å². The number of anilines is 1. The van der Waals surface area contributed by atoms with Crippen molar-refractivity contribution in [1.82, 2.24) is 19.7 Å². The van der Waals surface area contributed by atoms with Crippen molar-refractivity contribution in [2.24, 2.45) is 0 Å². The van der Waals surface area contributed by atoms with Gasteiger partial charge in [-0.2, -0.15) is 5.10 Å². The molecule has 0 amide bonds. The van der Waals surface area contributed by atoms with Gasteiger partial charge in [0.05, 0.1) is 17.4 Å². The fourth-order valence-corrected chi connectivity index (χ4v) is 2.53. The lowest BCUT2D eigenvalue weighted by Gasteiger charge is -2.12. The predicted molar refractivity (Wildman–Crippen MR) is 94.5 cm³/mol. The molecule has 0 atom stereocenters. The van der Waals surface area contributed by atoms with Gasteiger partial charge in [0.15, 0.2) is 0 Å². The van der Waals surface area contributed by atoms with Crippen molar-refractivity contribution in [2.75, 3.05) is 5.73 Å². The average molecular weight is 321 g/mol. The molecule has 0 bridgehead atoms. The summed E-state index contributed by atoms with van der Waals surface area (Å²) in [4.78, 5) is 20.4. The Bertz CT molecular complexity index is 946. The van der Waals surface area contributed by atoms with E-state index in [0.29, 0.717) is 11.4 Å². The molecule has 3 rings (SSSR count). The molecule has 1 aromatic carbocycles. The zero-order chi connectivity index (χ0) is 17.3. The maximum atomic E-state index is 11.9. The van der Waals surface area contributed by atoms with E-state index in [1.54, 1.807) is 12.3 Å². The minimum absolute atomic E-state index is 0.0328. The van der Waals surface area contributed by atoms with E-state index < -0.39 is 0 Å². The highest BCUT2D eigenvalue weighted by Crippen LogP contribution is 2.29. The fourth-order valence-electron chi connectivity index (χ4n) is 2.53. The Hall–Kier alpha value is -3.02. The number of hydrogen-bond donors (Lipinski definition) is 1. The standard InChI is InChI=1S/C18H19N5O/c1-11(2)23-16(24)8-7-15(22-23)14-10-20-18(19)21-17(14)13-6-4-5-12(3)9-13/h4-11H,1-3H3,(H2,19,20,21). The SMILES string of the molecule is Cc1cccc(-c2nc(N)ncc2-c2ccc(=O)n(C(C)C)n2)c1. The van der Waals surface area contributed by atoms with Gasteiger partial charge in [0.2, 0.25) is 5.95 Å². The molecule has 0 saturated heterocycles. The number of nitrogens with zero attached hydrogens (tertiary/aromatic N) is 4. The Labute approximate surface area is 140 Å². The van der Waals surface area contributed by atoms with Crippen LogP contribution >= 0.6 is 0 Å². The third-order valence-electron chi connectivity index (χ3n) is 3.69. The van der Waals surface area contributed by atoms with Crippen LogP contribution in [0.1, 0.15) is 25.5 Å². The molecule has 0 spiro atoms. The summed E-state index contributed by atoms with van der Waals surface area (Å²) in [5.74, 6) is 0.201. The number of aromatic nitrogens is 4. The zero-order valence-electron chi connectivity index (χ0n) is 13.9. The number of hydrogen-bond acceptors (Lipinski definition) is 5. The molecule has 2 N–H and O–H groups in total. The Morgan fingerprint density at radius 1 is 1.17 bits per heavy atom. The molecule has 0 saturated carbocycles. The van der Waals surface area contributed by atoms with Gasteiger partial charge in [0.25, 0.3) is 5.56 Å². The molecule has 122 valence electrons. The first-order chi connectivity index (χ1) is 11.5. The van der Waals surface area contributed by atoms with E-state index in [-0.39, 0.29) is 17.5 Å². The second-order valence-corrected chi connectivity index (χ2v) is 5.96. The molecule has 0 unspecified atom stereocenters. The Balaban J connectivity index is 2.23. The van der Waals surface area contributed by atoms with E-state index in [9.17, 15) is 4.79 Å². The quantitative estimate of drug-likeness (QED) is 0.801. The first-order valence-corrected chi connectivity index (χ1v) is 7.75. The molecule has 3 aromatic rings. The smallest absolute Gasteiger partial charge is 0.267 e. The first kappa shape index (κ1) is 15.9. The van der Waals surface area contributed by atoms with Crippen LogP contribution in [0.5, 0.6) is 0 Å². The van der Waals surface area contributed by atoms with E-state index in [0.717, 1.165) is 16.7 Å². The van der Waals surface area contributed by atoms with Crippen LogP contribution < -0.4 is 11.3 Å². The molecule has 6 nitrogen and oxygen atoms in total. The van der Waals surface area contributed by atoms with Gasteiger partial charge >= 0.3 is 0 Å². The van der Waals surface area contributed by atoms with Crippen molar-refractivity contribution in [1.29, 1.82) is 0 Å². The lowest BCUT2D eigenvalue weighted by Crippen LogP contribution is -2.24. The van der Waals surface area contributed by atoms with Crippen LogP contribution in [-0.2, 0) is 0 Å². The van der Waals surface area contributed by atoms with Crippen molar-refractivity contribution < 1.29 is 0 Å². The van der Waals surface area contributed by atoms with Crippen molar-refractivity contribution in [2.45, 2.75) is 26.8 Å². The molecule has 0 aliphatic rings. The van der Waals surface area contributed by atoms with E-state index in [1.807, 2.05) is 45.0 Å². The van der Waals surface area contributed by atoms with Gasteiger partial charge in [0, 0.05) is 23.4 Å². The van der Waals surface area contributed by atoms with Crippen molar-refractivity contribution in [3.8, 4) is 22.5 Å². The predicted octanol–water partition coefficient (Wildman–Crippen LogP) is 2.84. The summed E-state index contributed by atoms with van der Waals surface area (Å²) in [6, 6.07) is 11.2. The summed E-state index contributed by atoms with van der Waals surface area (Å²) >= 11 is 0. The van der Waals surface area contributed by atoms with Gasteiger partial charge < -0.3 is 5.73 Å². The second-order valence-electron chi connectivity index (χ2n) is 5.96. The molecule has 0 aliphatic carbocycles. The molecule has 0 radical (unpaired) electrons. The topological polar surface area (TPSA) is 86.7 Å². The van der Waals surface area contributed by atoms with Crippen LogP contribution in [0.2, 0.25) is 0 Å². The highest BCUT2D eigenvalue weighted by Gasteiger charge is 2.14. The van der Waals surface area contributed by atoms with Crippen molar-refractivity contribution in [3.63, 3.8) is 0 Å². The first-order valence-electron chi connectivity index (χ1n) is 7.75. The monoisotopic (exact) mass is 321 g/mol. The van der Waals surface area contributed by atoms with Gasteiger partial charge in [-0.1, -0.05) is 23.8 Å². The van der Waals surface area contributed by atoms with Gasteiger partial charge in [-0.15, -0.1) is 0 Å². The number of nitrogens with two attached hydrogens (primary N) is 1. The average Bonchev–Trinajstić information content (AvgIpc) is 2.55. The van der Waals surface area contributed by atoms with Crippen molar-refractivity contribution >= 4 is 5.95 Å². The van der Waals surface area contributed by atoms with E-state index >= 15 is 0 Å². The Kier molecular flexibility index (Phi) is 4.12. The van der Waals surface area contributed by atoms with Crippen LogP contribution in [0, 0.1) is 6.92 Å². The number of nitrogen functional groups attached to an aromatic ring is 1. The molecule has 24 heavy (non-hydrogen) atoms. The maximum Gasteiger partial charge on any atom is 0.267 e. The number of rotatable bonds is 3. The van der Waals surface area contributed by atoms with E-state index in [2.05, 4.69) is 15.1 Å². The molecular formula is C18H19N5O. The number of benzene rings is 1. The largest absolute Gasteiger partial charge is 0.368 e. The fraction of sp³-hybridized carbons (Fsp3) is 0.222. The molecule has 0 aliphatic heterocycles. The highest BCUT2D eigenvalue weighted by atomic mass is 16.1. The zero-order valence-corrected chi connectivity index (χ0v) is 13.9. The van der Waals surface area contributed by atoms with Gasteiger partial charge in [-0.25, -0.2) is 14.6 Å².